The summed E-state index contributed by atoms with van der Waals surface area (Å²) in [6.07, 6.45) is 7.01. The van der Waals surface area contributed by atoms with Crippen LogP contribution in [0.5, 0.6) is 0 Å². The Morgan fingerprint density at radius 3 is 2.33 bits per heavy atom. The van der Waals surface area contributed by atoms with Crippen LogP contribution in [0.3, 0.4) is 0 Å². The van der Waals surface area contributed by atoms with Crippen LogP contribution in [0.25, 0.3) is 11.1 Å². The fraction of sp³-hybridized carbons (Fsp3) is 0.455. The van der Waals surface area contributed by atoms with Crippen molar-refractivity contribution in [1.29, 1.82) is 0 Å². The van der Waals surface area contributed by atoms with E-state index in [9.17, 15) is 5.11 Å². The monoisotopic (exact) mass is 406 g/mol. The number of nitrogens with zero attached hydrogens (tertiary/aromatic N) is 5. The van der Waals surface area contributed by atoms with Crippen LogP contribution < -0.4 is 10.6 Å². The van der Waals surface area contributed by atoms with Crippen LogP contribution >= 0.6 is 0 Å². The predicted octanol–water partition coefficient (Wildman–Crippen LogP) is 2.79. The van der Waals surface area contributed by atoms with Crippen molar-refractivity contribution in [2.45, 2.75) is 44.1 Å². The van der Waals surface area contributed by atoms with Gasteiger partial charge in [-0.1, -0.05) is 29.4 Å². The predicted molar refractivity (Wildman–Crippen MR) is 113 cm³/mol. The summed E-state index contributed by atoms with van der Waals surface area (Å²) in [5.41, 5.74) is 8.43. The smallest absolute Gasteiger partial charge is 0.324 e. The zero-order chi connectivity index (χ0) is 20.7. The highest BCUT2D eigenvalue weighted by atomic mass is 16.5. The standard InChI is InChI=1S/C22H26N6O2/c1-22(17-6-7-17,19-26-21(30-27-19)28-10-8-18(29)9-11-28)16-4-2-14(3-5-16)15-12-24-20(23)25-13-15/h2-5,12-13,17-18,29H,6-11H2,1H3,(H2,23,24,25)/t22-/m0/s1. The zero-order valence-corrected chi connectivity index (χ0v) is 17.0. The lowest BCUT2D eigenvalue weighted by molar-refractivity contribution is 0.143. The van der Waals surface area contributed by atoms with Gasteiger partial charge in [0.25, 0.3) is 0 Å². The molecule has 5 rings (SSSR count). The van der Waals surface area contributed by atoms with Gasteiger partial charge in [-0.15, -0.1) is 0 Å². The second-order valence-corrected chi connectivity index (χ2v) is 8.50. The molecule has 0 spiro atoms. The molecule has 2 aliphatic rings. The third kappa shape index (κ3) is 3.41. The van der Waals surface area contributed by atoms with Crippen molar-refractivity contribution >= 4 is 12.0 Å². The molecule has 1 aliphatic carbocycles. The van der Waals surface area contributed by atoms with Gasteiger partial charge in [-0.3, -0.25) is 0 Å². The largest absolute Gasteiger partial charge is 0.393 e. The maximum absolute atomic E-state index is 9.75. The van der Waals surface area contributed by atoms with Crippen LogP contribution in [0, 0.1) is 5.92 Å². The van der Waals surface area contributed by atoms with Gasteiger partial charge in [0, 0.05) is 31.0 Å². The second-order valence-electron chi connectivity index (χ2n) is 8.50. The molecular weight excluding hydrogens is 380 g/mol. The summed E-state index contributed by atoms with van der Waals surface area (Å²) in [5.74, 6) is 1.50. The summed E-state index contributed by atoms with van der Waals surface area (Å²) in [4.78, 5) is 15.0. The van der Waals surface area contributed by atoms with Gasteiger partial charge in [-0.2, -0.15) is 4.98 Å². The molecule has 3 N–H and O–H groups in total. The van der Waals surface area contributed by atoms with Crippen molar-refractivity contribution in [3.05, 3.63) is 48.0 Å². The molecule has 2 fully saturated rings. The lowest BCUT2D eigenvalue weighted by Gasteiger charge is -2.28. The van der Waals surface area contributed by atoms with Crippen molar-refractivity contribution in [2.24, 2.45) is 5.92 Å². The van der Waals surface area contributed by atoms with E-state index < -0.39 is 0 Å². The Bertz CT molecular complexity index is 1010. The van der Waals surface area contributed by atoms with Gasteiger partial charge in [0.1, 0.15) is 0 Å². The third-order valence-electron chi connectivity index (χ3n) is 6.50. The van der Waals surface area contributed by atoms with Gasteiger partial charge in [-0.25, -0.2) is 9.97 Å². The van der Waals surface area contributed by atoms with E-state index in [4.69, 9.17) is 15.2 Å². The molecule has 0 radical (unpaired) electrons. The summed E-state index contributed by atoms with van der Waals surface area (Å²) in [6, 6.07) is 8.99. The minimum atomic E-state index is -0.298. The van der Waals surface area contributed by atoms with E-state index in [0.29, 0.717) is 11.9 Å². The van der Waals surface area contributed by atoms with E-state index in [1.807, 2.05) is 0 Å². The van der Waals surface area contributed by atoms with Crippen LogP contribution in [0.15, 0.2) is 41.2 Å². The Labute approximate surface area is 175 Å². The zero-order valence-electron chi connectivity index (χ0n) is 17.0. The van der Waals surface area contributed by atoms with Crippen molar-refractivity contribution in [1.82, 2.24) is 20.1 Å². The Morgan fingerprint density at radius 1 is 1.03 bits per heavy atom. The number of anilines is 2. The number of benzene rings is 1. The van der Waals surface area contributed by atoms with Gasteiger partial charge in [0.05, 0.1) is 11.5 Å². The molecule has 1 saturated carbocycles. The normalized spacial score (nSPS) is 19.6. The highest BCUT2D eigenvalue weighted by Gasteiger charge is 2.47. The first-order valence-corrected chi connectivity index (χ1v) is 10.5. The first-order valence-electron chi connectivity index (χ1n) is 10.5. The quantitative estimate of drug-likeness (QED) is 0.665. The average Bonchev–Trinajstić information content (AvgIpc) is 3.52. The molecule has 1 saturated heterocycles. The molecular formula is C22H26N6O2. The van der Waals surface area contributed by atoms with Crippen LogP contribution in [0.1, 0.15) is 44.0 Å². The number of rotatable bonds is 5. The molecule has 3 heterocycles. The highest BCUT2D eigenvalue weighted by molar-refractivity contribution is 5.62. The van der Waals surface area contributed by atoms with Crippen LogP contribution in [-0.4, -0.2) is 44.4 Å². The van der Waals surface area contributed by atoms with Crippen LogP contribution in [0.2, 0.25) is 0 Å². The van der Waals surface area contributed by atoms with Crippen molar-refractivity contribution in [3.8, 4) is 11.1 Å². The second kappa shape index (κ2) is 7.36. The van der Waals surface area contributed by atoms with Gasteiger partial charge in [-0.05, 0) is 49.7 Å². The third-order valence-corrected chi connectivity index (χ3v) is 6.50. The van der Waals surface area contributed by atoms with E-state index >= 15 is 0 Å². The number of nitrogen functional groups attached to an aromatic ring is 1. The van der Waals surface area contributed by atoms with Crippen molar-refractivity contribution in [2.75, 3.05) is 23.7 Å². The Balaban J connectivity index is 1.43. The molecule has 0 unspecified atom stereocenters. The Hall–Kier alpha value is -3.00. The number of hydrogen-bond acceptors (Lipinski definition) is 8. The average molecular weight is 406 g/mol. The summed E-state index contributed by atoms with van der Waals surface area (Å²) >= 11 is 0. The Morgan fingerprint density at radius 2 is 1.70 bits per heavy atom. The van der Waals surface area contributed by atoms with Crippen molar-refractivity contribution in [3.63, 3.8) is 0 Å². The van der Waals surface area contributed by atoms with E-state index in [2.05, 4.69) is 51.2 Å². The number of piperidine rings is 1. The lowest BCUT2D eigenvalue weighted by Crippen LogP contribution is -2.36. The van der Waals surface area contributed by atoms with Gasteiger partial charge in [0.15, 0.2) is 5.82 Å². The minimum absolute atomic E-state index is 0.231. The topological polar surface area (TPSA) is 114 Å². The van der Waals surface area contributed by atoms with Gasteiger partial charge < -0.3 is 20.3 Å². The first-order chi connectivity index (χ1) is 14.5. The summed E-state index contributed by atoms with van der Waals surface area (Å²) < 4.78 is 5.64. The molecule has 1 atom stereocenters. The number of aromatic nitrogens is 4. The minimum Gasteiger partial charge on any atom is -0.393 e. The van der Waals surface area contributed by atoms with E-state index in [1.165, 1.54) is 5.56 Å². The van der Waals surface area contributed by atoms with Gasteiger partial charge in [0.2, 0.25) is 5.95 Å². The number of hydrogen-bond donors (Lipinski definition) is 2. The maximum Gasteiger partial charge on any atom is 0.324 e. The molecule has 3 aromatic rings. The van der Waals surface area contributed by atoms with E-state index in [1.54, 1.807) is 12.4 Å². The molecule has 1 aliphatic heterocycles. The Kier molecular flexibility index (Phi) is 4.66. The highest BCUT2D eigenvalue weighted by Crippen LogP contribution is 2.50. The summed E-state index contributed by atoms with van der Waals surface area (Å²) in [7, 11) is 0. The van der Waals surface area contributed by atoms with Crippen LogP contribution in [0.4, 0.5) is 12.0 Å². The van der Waals surface area contributed by atoms with Crippen LogP contribution in [-0.2, 0) is 5.41 Å². The summed E-state index contributed by atoms with van der Waals surface area (Å²) in [5, 5.41) is 14.1. The molecule has 1 aromatic carbocycles. The number of aliphatic hydroxyl groups is 1. The SMILES string of the molecule is C[C@@](c1ccc(-c2cnc(N)nc2)cc1)(c1noc(N2CCC(O)CC2)n1)C1CC1. The fourth-order valence-electron chi connectivity index (χ4n) is 4.32. The lowest BCUT2D eigenvalue weighted by atomic mass is 9.77. The molecule has 30 heavy (non-hydrogen) atoms. The fourth-order valence-corrected chi connectivity index (χ4v) is 4.32. The van der Waals surface area contributed by atoms with E-state index in [0.717, 1.165) is 55.7 Å². The number of aliphatic hydroxyl groups excluding tert-OH is 1. The molecule has 0 amide bonds. The van der Waals surface area contributed by atoms with Gasteiger partial charge >= 0.3 is 6.01 Å². The molecule has 0 bridgehead atoms. The molecule has 156 valence electrons. The van der Waals surface area contributed by atoms with Crippen molar-refractivity contribution < 1.29 is 9.63 Å². The number of nitrogens with two attached hydrogens (primary N) is 1. The summed E-state index contributed by atoms with van der Waals surface area (Å²) in [6.45, 7) is 3.68. The molecule has 8 heteroatoms. The molecule has 2 aromatic heterocycles. The molecule has 8 nitrogen and oxygen atoms in total. The van der Waals surface area contributed by atoms with E-state index in [-0.39, 0.29) is 17.5 Å². The first kappa shape index (κ1) is 19.0. The maximum atomic E-state index is 9.75.